The van der Waals surface area contributed by atoms with Gasteiger partial charge in [-0.3, -0.25) is 4.79 Å². The Morgan fingerprint density at radius 3 is 2.94 bits per heavy atom. The molecule has 1 amide bonds. The third kappa shape index (κ3) is 3.95. The van der Waals surface area contributed by atoms with Crippen molar-refractivity contribution < 1.29 is 4.79 Å². The molecule has 6 nitrogen and oxygen atoms in total. The molecule has 0 fully saturated rings. The Morgan fingerprint density at radius 2 is 2.35 bits per heavy atom. The lowest BCUT2D eigenvalue weighted by Crippen LogP contribution is -2.37. The standard InChI is InChI=1S/C10H15N5OS/c1-3-12-9(16)6(2)14-10-13-5-4-7(15-10)8(11)17/h4-6H,3H2,1-2H3,(H2,11,17)(H,12,16)(H,13,14,15). The first-order valence-corrected chi connectivity index (χ1v) is 5.62. The number of likely N-dealkylation sites (N-methyl/N-ethyl adjacent to an activating group) is 1. The van der Waals surface area contributed by atoms with E-state index in [2.05, 4.69) is 20.6 Å². The first-order valence-electron chi connectivity index (χ1n) is 5.21. The summed E-state index contributed by atoms with van der Waals surface area (Å²) in [6.45, 7) is 4.16. The van der Waals surface area contributed by atoms with Gasteiger partial charge in [0.15, 0.2) is 0 Å². The van der Waals surface area contributed by atoms with Gasteiger partial charge in [0.05, 0.1) is 0 Å². The molecule has 0 saturated carbocycles. The minimum absolute atomic E-state index is 0.114. The van der Waals surface area contributed by atoms with Gasteiger partial charge in [-0.05, 0) is 19.9 Å². The normalized spacial score (nSPS) is 11.6. The molecule has 1 heterocycles. The summed E-state index contributed by atoms with van der Waals surface area (Å²) in [7, 11) is 0. The quantitative estimate of drug-likeness (QED) is 0.642. The van der Waals surface area contributed by atoms with Crippen molar-refractivity contribution in [3.05, 3.63) is 18.0 Å². The van der Waals surface area contributed by atoms with Crippen LogP contribution >= 0.6 is 12.2 Å². The highest BCUT2D eigenvalue weighted by Gasteiger charge is 2.12. The van der Waals surface area contributed by atoms with Crippen LogP contribution in [-0.2, 0) is 4.79 Å². The summed E-state index contributed by atoms with van der Waals surface area (Å²) in [5.74, 6) is 0.214. The highest BCUT2D eigenvalue weighted by atomic mass is 32.1. The zero-order chi connectivity index (χ0) is 12.8. The number of rotatable bonds is 5. The molecule has 0 spiro atoms. The second kappa shape index (κ2) is 6.09. The van der Waals surface area contributed by atoms with Gasteiger partial charge in [0.1, 0.15) is 16.7 Å². The van der Waals surface area contributed by atoms with Crippen LogP contribution in [0, 0.1) is 0 Å². The molecule has 1 aromatic heterocycles. The third-order valence-electron chi connectivity index (χ3n) is 2.00. The Kier molecular flexibility index (Phi) is 4.77. The van der Waals surface area contributed by atoms with E-state index in [1.165, 1.54) is 6.20 Å². The number of hydrogen-bond acceptors (Lipinski definition) is 5. The van der Waals surface area contributed by atoms with Crippen LogP contribution in [0.5, 0.6) is 0 Å². The number of hydrogen-bond donors (Lipinski definition) is 3. The predicted molar refractivity (Wildman–Crippen MR) is 69.7 cm³/mol. The van der Waals surface area contributed by atoms with Crippen molar-refractivity contribution in [2.75, 3.05) is 11.9 Å². The average Bonchev–Trinajstić information content (AvgIpc) is 2.29. The zero-order valence-corrected chi connectivity index (χ0v) is 10.5. The fourth-order valence-corrected chi connectivity index (χ4v) is 1.27. The molecule has 17 heavy (non-hydrogen) atoms. The zero-order valence-electron chi connectivity index (χ0n) is 9.73. The van der Waals surface area contributed by atoms with E-state index in [4.69, 9.17) is 18.0 Å². The fraction of sp³-hybridized carbons (Fsp3) is 0.400. The second-order valence-electron chi connectivity index (χ2n) is 3.39. The smallest absolute Gasteiger partial charge is 0.242 e. The molecule has 4 N–H and O–H groups in total. The molecule has 0 aliphatic rings. The van der Waals surface area contributed by atoms with E-state index in [-0.39, 0.29) is 10.9 Å². The number of amides is 1. The maximum Gasteiger partial charge on any atom is 0.242 e. The van der Waals surface area contributed by atoms with E-state index >= 15 is 0 Å². The molecule has 1 unspecified atom stereocenters. The summed E-state index contributed by atoms with van der Waals surface area (Å²) < 4.78 is 0. The summed E-state index contributed by atoms with van der Waals surface area (Å²) in [5, 5.41) is 5.57. The van der Waals surface area contributed by atoms with Crippen LogP contribution in [0.1, 0.15) is 19.5 Å². The van der Waals surface area contributed by atoms with Crippen molar-refractivity contribution in [1.29, 1.82) is 0 Å². The van der Waals surface area contributed by atoms with Crippen LogP contribution in [0.15, 0.2) is 12.3 Å². The molecule has 1 rings (SSSR count). The van der Waals surface area contributed by atoms with Gasteiger partial charge in [-0.15, -0.1) is 0 Å². The summed E-state index contributed by atoms with van der Waals surface area (Å²) in [5.41, 5.74) is 5.93. The molecule has 0 aliphatic heterocycles. The van der Waals surface area contributed by atoms with E-state index in [1.54, 1.807) is 13.0 Å². The van der Waals surface area contributed by atoms with Crippen LogP contribution in [0.25, 0.3) is 0 Å². The van der Waals surface area contributed by atoms with Gasteiger partial charge < -0.3 is 16.4 Å². The number of aromatic nitrogens is 2. The highest BCUT2D eigenvalue weighted by molar-refractivity contribution is 7.80. The van der Waals surface area contributed by atoms with Gasteiger partial charge in [-0.25, -0.2) is 9.97 Å². The third-order valence-corrected chi connectivity index (χ3v) is 2.21. The summed E-state index contributed by atoms with van der Waals surface area (Å²) >= 11 is 4.81. The molecular formula is C10H15N5OS. The van der Waals surface area contributed by atoms with Crippen LogP contribution in [0.3, 0.4) is 0 Å². The highest BCUT2D eigenvalue weighted by Crippen LogP contribution is 2.02. The fourth-order valence-electron chi connectivity index (χ4n) is 1.15. The molecule has 0 aromatic carbocycles. The number of anilines is 1. The Balaban J connectivity index is 2.71. The van der Waals surface area contributed by atoms with Gasteiger partial charge in [-0.2, -0.15) is 0 Å². The maximum atomic E-state index is 11.5. The first kappa shape index (κ1) is 13.3. The monoisotopic (exact) mass is 253 g/mol. The SMILES string of the molecule is CCNC(=O)C(C)Nc1nccc(C(N)=S)n1. The van der Waals surface area contributed by atoms with Crippen molar-refractivity contribution in [3.63, 3.8) is 0 Å². The van der Waals surface area contributed by atoms with E-state index in [1.807, 2.05) is 6.92 Å². The number of nitrogens with two attached hydrogens (primary N) is 1. The van der Waals surface area contributed by atoms with Gasteiger partial charge in [0.25, 0.3) is 0 Å². The lowest BCUT2D eigenvalue weighted by atomic mass is 10.3. The minimum atomic E-state index is -0.420. The molecule has 0 radical (unpaired) electrons. The number of carbonyl (C=O) groups excluding carboxylic acids is 1. The lowest BCUT2D eigenvalue weighted by molar-refractivity contribution is -0.121. The van der Waals surface area contributed by atoms with Gasteiger partial charge in [-0.1, -0.05) is 12.2 Å². The molecular weight excluding hydrogens is 238 g/mol. The average molecular weight is 253 g/mol. The second-order valence-corrected chi connectivity index (χ2v) is 3.83. The molecule has 92 valence electrons. The van der Waals surface area contributed by atoms with Crippen LogP contribution in [0.2, 0.25) is 0 Å². The first-order chi connectivity index (χ1) is 8.04. The Labute approximate surface area is 105 Å². The van der Waals surface area contributed by atoms with Crippen molar-refractivity contribution in [2.45, 2.75) is 19.9 Å². The Bertz CT molecular complexity index is 423. The maximum absolute atomic E-state index is 11.5. The van der Waals surface area contributed by atoms with Crippen molar-refractivity contribution >= 4 is 29.1 Å². The number of thiocarbonyl (C=S) groups is 1. The number of nitrogens with one attached hydrogen (secondary N) is 2. The molecule has 0 saturated heterocycles. The van der Waals surface area contributed by atoms with E-state index in [0.717, 1.165) is 0 Å². The van der Waals surface area contributed by atoms with Gasteiger partial charge >= 0.3 is 0 Å². The summed E-state index contributed by atoms with van der Waals surface area (Å²) in [6.07, 6.45) is 1.54. The molecule has 1 atom stereocenters. The Hall–Kier alpha value is -1.76. The van der Waals surface area contributed by atoms with Crippen molar-refractivity contribution in [2.24, 2.45) is 5.73 Å². The van der Waals surface area contributed by atoms with Crippen molar-refractivity contribution in [3.8, 4) is 0 Å². The topological polar surface area (TPSA) is 92.9 Å². The van der Waals surface area contributed by atoms with E-state index < -0.39 is 6.04 Å². The Morgan fingerprint density at radius 1 is 1.65 bits per heavy atom. The molecule has 7 heteroatoms. The number of carbonyl (C=O) groups is 1. The van der Waals surface area contributed by atoms with Gasteiger partial charge in [0.2, 0.25) is 11.9 Å². The van der Waals surface area contributed by atoms with Gasteiger partial charge in [0, 0.05) is 12.7 Å². The molecule has 0 bridgehead atoms. The van der Waals surface area contributed by atoms with Crippen molar-refractivity contribution in [1.82, 2.24) is 15.3 Å². The summed E-state index contributed by atoms with van der Waals surface area (Å²) in [4.78, 5) is 19.8. The predicted octanol–water partition coefficient (Wildman–Crippen LogP) is 0.0473. The minimum Gasteiger partial charge on any atom is -0.388 e. The van der Waals surface area contributed by atoms with Crippen LogP contribution < -0.4 is 16.4 Å². The van der Waals surface area contributed by atoms with E-state index in [0.29, 0.717) is 18.2 Å². The summed E-state index contributed by atoms with van der Waals surface area (Å²) in [6, 6.07) is 1.20. The number of nitrogens with zero attached hydrogens (tertiary/aromatic N) is 2. The molecule has 1 aromatic rings. The largest absolute Gasteiger partial charge is 0.388 e. The lowest BCUT2D eigenvalue weighted by Gasteiger charge is -2.13. The van der Waals surface area contributed by atoms with Crippen LogP contribution in [0.4, 0.5) is 5.95 Å². The molecule has 0 aliphatic carbocycles. The van der Waals surface area contributed by atoms with Crippen LogP contribution in [-0.4, -0.2) is 33.5 Å². The van der Waals surface area contributed by atoms with E-state index in [9.17, 15) is 4.79 Å².